The molecule has 0 fully saturated rings. The predicted molar refractivity (Wildman–Crippen MR) is 55.1 cm³/mol. The molecule has 13 heavy (non-hydrogen) atoms. The molecule has 0 saturated heterocycles. The van der Waals surface area contributed by atoms with Crippen LogP contribution < -0.4 is 4.74 Å². The van der Waals surface area contributed by atoms with Gasteiger partial charge in [0.1, 0.15) is 16.4 Å². The lowest BCUT2D eigenvalue weighted by Crippen LogP contribution is -1.95. The molecule has 1 aromatic rings. The molecule has 1 aromatic carbocycles. The second kappa shape index (κ2) is 4.49. The van der Waals surface area contributed by atoms with E-state index in [1.807, 2.05) is 0 Å². The monoisotopic (exact) mass is 286 g/mol. The van der Waals surface area contributed by atoms with Crippen LogP contribution in [0.1, 0.15) is 10.4 Å². The van der Waals surface area contributed by atoms with Crippen LogP contribution in [0.3, 0.4) is 0 Å². The van der Waals surface area contributed by atoms with Gasteiger partial charge >= 0.3 is 0 Å². The largest absolute Gasteiger partial charge is 0.496 e. The standard InChI is InChI=1S/C8H6BrCl2FO/c1-13-6-3-4(9)2-5(12)7(6)8(10)11/h2-3,8H,1H3. The summed E-state index contributed by atoms with van der Waals surface area (Å²) >= 11 is 14.3. The second-order valence-electron chi connectivity index (χ2n) is 2.30. The van der Waals surface area contributed by atoms with Crippen LogP contribution in [0.15, 0.2) is 16.6 Å². The van der Waals surface area contributed by atoms with Gasteiger partial charge in [-0.05, 0) is 12.1 Å². The van der Waals surface area contributed by atoms with E-state index < -0.39 is 10.7 Å². The van der Waals surface area contributed by atoms with E-state index in [1.165, 1.54) is 13.2 Å². The van der Waals surface area contributed by atoms with Crippen LogP contribution in [-0.2, 0) is 0 Å². The van der Waals surface area contributed by atoms with Crippen molar-refractivity contribution in [2.45, 2.75) is 4.84 Å². The minimum Gasteiger partial charge on any atom is -0.496 e. The Morgan fingerprint density at radius 1 is 1.46 bits per heavy atom. The zero-order valence-corrected chi connectivity index (χ0v) is 9.75. The number of alkyl halides is 2. The van der Waals surface area contributed by atoms with Gasteiger partial charge in [-0.25, -0.2) is 4.39 Å². The lowest BCUT2D eigenvalue weighted by molar-refractivity contribution is 0.406. The molecular formula is C8H6BrCl2FO. The zero-order chi connectivity index (χ0) is 10.0. The third-order valence-corrected chi connectivity index (χ3v) is 2.39. The molecule has 0 aliphatic heterocycles. The SMILES string of the molecule is COc1cc(Br)cc(F)c1C(Cl)Cl. The summed E-state index contributed by atoms with van der Waals surface area (Å²) in [6.45, 7) is 0. The highest BCUT2D eigenvalue weighted by molar-refractivity contribution is 9.10. The van der Waals surface area contributed by atoms with Gasteiger partial charge in [0.2, 0.25) is 0 Å². The molecule has 0 bridgehead atoms. The van der Waals surface area contributed by atoms with Crippen LogP contribution in [-0.4, -0.2) is 7.11 Å². The Morgan fingerprint density at radius 2 is 2.08 bits per heavy atom. The van der Waals surface area contributed by atoms with E-state index in [2.05, 4.69) is 15.9 Å². The van der Waals surface area contributed by atoms with Crippen LogP contribution in [0.2, 0.25) is 0 Å². The summed E-state index contributed by atoms with van der Waals surface area (Å²) in [6.07, 6.45) is 0. The van der Waals surface area contributed by atoms with E-state index in [0.717, 1.165) is 0 Å². The van der Waals surface area contributed by atoms with Gasteiger partial charge in [-0.15, -0.1) is 0 Å². The summed E-state index contributed by atoms with van der Waals surface area (Å²) in [7, 11) is 1.43. The molecule has 72 valence electrons. The van der Waals surface area contributed by atoms with Crippen LogP contribution >= 0.6 is 39.1 Å². The van der Waals surface area contributed by atoms with Gasteiger partial charge in [0.15, 0.2) is 0 Å². The molecular weight excluding hydrogens is 282 g/mol. The van der Waals surface area contributed by atoms with Gasteiger partial charge in [-0.3, -0.25) is 0 Å². The summed E-state index contributed by atoms with van der Waals surface area (Å²) in [6, 6.07) is 2.89. The minimum atomic E-state index is -0.928. The maximum Gasteiger partial charge on any atom is 0.139 e. The molecule has 5 heteroatoms. The van der Waals surface area contributed by atoms with E-state index in [0.29, 0.717) is 10.2 Å². The second-order valence-corrected chi connectivity index (χ2v) is 4.32. The highest BCUT2D eigenvalue weighted by Crippen LogP contribution is 2.36. The molecule has 0 aliphatic carbocycles. The van der Waals surface area contributed by atoms with E-state index in [9.17, 15) is 4.39 Å². The lowest BCUT2D eigenvalue weighted by Gasteiger charge is -2.10. The van der Waals surface area contributed by atoms with Gasteiger partial charge in [0.25, 0.3) is 0 Å². The normalized spacial score (nSPS) is 10.6. The lowest BCUT2D eigenvalue weighted by atomic mass is 10.2. The summed E-state index contributed by atoms with van der Waals surface area (Å²) in [5.74, 6) is -0.150. The van der Waals surface area contributed by atoms with Crippen LogP contribution in [0.4, 0.5) is 4.39 Å². The highest BCUT2D eigenvalue weighted by atomic mass is 79.9. The number of methoxy groups -OCH3 is 1. The molecule has 0 N–H and O–H groups in total. The van der Waals surface area contributed by atoms with Gasteiger partial charge in [-0.2, -0.15) is 0 Å². The van der Waals surface area contributed by atoms with Gasteiger partial charge in [0.05, 0.1) is 12.7 Å². The van der Waals surface area contributed by atoms with E-state index >= 15 is 0 Å². The number of hydrogen-bond donors (Lipinski definition) is 0. The van der Waals surface area contributed by atoms with Crippen molar-refractivity contribution in [1.82, 2.24) is 0 Å². The third kappa shape index (κ3) is 2.48. The van der Waals surface area contributed by atoms with Gasteiger partial charge in [0, 0.05) is 4.47 Å². The highest BCUT2D eigenvalue weighted by Gasteiger charge is 2.16. The first-order valence-electron chi connectivity index (χ1n) is 3.37. The Kier molecular flexibility index (Phi) is 3.83. The summed E-state index contributed by atoms with van der Waals surface area (Å²) in [4.78, 5) is -0.928. The maximum atomic E-state index is 13.3. The van der Waals surface area contributed by atoms with Crippen molar-refractivity contribution < 1.29 is 9.13 Å². The Hall–Kier alpha value is 0.01000. The van der Waals surface area contributed by atoms with Gasteiger partial charge < -0.3 is 4.74 Å². The molecule has 1 nitrogen and oxygen atoms in total. The zero-order valence-electron chi connectivity index (χ0n) is 6.65. The molecule has 0 aromatic heterocycles. The van der Waals surface area contributed by atoms with Crippen LogP contribution in [0, 0.1) is 5.82 Å². The molecule has 1 rings (SSSR count). The predicted octanol–water partition coefficient (Wildman–Crippen LogP) is 4.07. The number of benzene rings is 1. The number of ether oxygens (including phenoxy) is 1. The maximum absolute atomic E-state index is 13.3. The van der Waals surface area contributed by atoms with Crippen molar-refractivity contribution >= 4 is 39.1 Å². The molecule has 0 spiro atoms. The fraction of sp³-hybridized carbons (Fsp3) is 0.250. The van der Waals surface area contributed by atoms with Crippen molar-refractivity contribution in [2.24, 2.45) is 0 Å². The fourth-order valence-electron chi connectivity index (χ4n) is 0.942. The minimum absolute atomic E-state index is 0.161. The Balaban J connectivity index is 3.30. The molecule has 0 radical (unpaired) electrons. The smallest absolute Gasteiger partial charge is 0.139 e. The summed E-state index contributed by atoms with van der Waals surface area (Å²) < 4.78 is 18.8. The van der Waals surface area contributed by atoms with Crippen LogP contribution in [0.25, 0.3) is 0 Å². The topological polar surface area (TPSA) is 9.23 Å². The molecule has 0 aliphatic rings. The van der Waals surface area contributed by atoms with Crippen molar-refractivity contribution in [3.8, 4) is 5.75 Å². The van der Waals surface area contributed by atoms with E-state index in [4.69, 9.17) is 27.9 Å². The average Bonchev–Trinajstić information content (AvgIpc) is 2.01. The first-order valence-corrected chi connectivity index (χ1v) is 5.04. The summed E-state index contributed by atoms with van der Waals surface area (Å²) in [5, 5.41) is 0. The van der Waals surface area contributed by atoms with E-state index in [-0.39, 0.29) is 5.56 Å². The van der Waals surface area contributed by atoms with E-state index in [1.54, 1.807) is 6.07 Å². The number of rotatable bonds is 2. The molecule has 0 atom stereocenters. The van der Waals surface area contributed by atoms with Crippen molar-refractivity contribution in [1.29, 1.82) is 0 Å². The Morgan fingerprint density at radius 3 is 2.54 bits per heavy atom. The van der Waals surface area contributed by atoms with Crippen molar-refractivity contribution in [3.63, 3.8) is 0 Å². The Labute approximate surface area is 93.9 Å². The quantitative estimate of drug-likeness (QED) is 0.745. The third-order valence-electron chi connectivity index (χ3n) is 1.49. The number of halogens is 4. The first kappa shape index (κ1) is 11.1. The van der Waals surface area contributed by atoms with Gasteiger partial charge in [-0.1, -0.05) is 39.1 Å². The molecule has 0 heterocycles. The molecule has 0 saturated carbocycles. The van der Waals surface area contributed by atoms with Crippen molar-refractivity contribution in [2.75, 3.05) is 7.11 Å². The average molecular weight is 288 g/mol. The number of hydrogen-bond acceptors (Lipinski definition) is 1. The molecule has 0 unspecified atom stereocenters. The fourth-order valence-corrected chi connectivity index (χ4v) is 1.77. The summed E-state index contributed by atoms with van der Waals surface area (Å²) in [5.41, 5.74) is 0.161. The first-order chi connectivity index (χ1) is 6.06. The van der Waals surface area contributed by atoms with Crippen molar-refractivity contribution in [3.05, 3.63) is 28.0 Å². The Bertz CT molecular complexity index is 317. The molecule has 0 amide bonds. The van der Waals surface area contributed by atoms with Crippen LogP contribution in [0.5, 0.6) is 5.75 Å².